The Kier molecular flexibility index (Phi) is 3.71. The molecule has 4 nitrogen and oxygen atoms in total. The highest BCUT2D eigenvalue weighted by Crippen LogP contribution is 2.39. The molecule has 4 rings (SSSR count). The zero-order chi connectivity index (χ0) is 17.6. The summed E-state index contributed by atoms with van der Waals surface area (Å²) in [6.45, 7) is -0.0114. The maximum absolute atomic E-state index is 15.0. The first-order valence-corrected chi connectivity index (χ1v) is 7.78. The van der Waals surface area contributed by atoms with Crippen LogP contribution in [0.4, 0.5) is 18.9 Å². The van der Waals surface area contributed by atoms with Crippen molar-refractivity contribution in [1.82, 2.24) is 9.61 Å². The van der Waals surface area contributed by atoms with E-state index < -0.39 is 23.8 Å². The van der Waals surface area contributed by atoms with Crippen molar-refractivity contribution in [3.63, 3.8) is 0 Å². The fourth-order valence-electron chi connectivity index (χ4n) is 3.41. The van der Waals surface area contributed by atoms with E-state index in [1.807, 2.05) is 0 Å². The van der Waals surface area contributed by atoms with E-state index in [4.69, 9.17) is 0 Å². The number of benzene rings is 1. The lowest BCUT2D eigenvalue weighted by Gasteiger charge is -2.27. The van der Waals surface area contributed by atoms with Crippen LogP contribution in [0.25, 0.3) is 5.52 Å². The molecule has 0 spiro atoms. The van der Waals surface area contributed by atoms with Gasteiger partial charge in [-0.2, -0.15) is 5.10 Å². The maximum Gasteiger partial charge on any atom is 0.237 e. The number of halogens is 3. The molecule has 1 fully saturated rings. The molecule has 7 heteroatoms. The second-order valence-corrected chi connectivity index (χ2v) is 6.02. The van der Waals surface area contributed by atoms with E-state index in [1.54, 1.807) is 23.3 Å². The third-order valence-corrected chi connectivity index (χ3v) is 4.50. The Bertz CT molecular complexity index is 956. The molecular formula is C18H13F3N3O. The first-order valence-electron chi connectivity index (χ1n) is 7.78. The molecule has 0 bridgehead atoms. The average molecular weight is 344 g/mol. The molecule has 1 aliphatic heterocycles. The lowest BCUT2D eigenvalue weighted by Crippen LogP contribution is -2.25. The van der Waals surface area contributed by atoms with Gasteiger partial charge in [-0.1, -0.05) is 12.1 Å². The molecule has 2 aromatic heterocycles. The zero-order valence-corrected chi connectivity index (χ0v) is 13.0. The van der Waals surface area contributed by atoms with E-state index in [9.17, 15) is 13.6 Å². The number of fused-ring (bicyclic) bond motifs is 1. The molecule has 3 heterocycles. The lowest BCUT2D eigenvalue weighted by molar-refractivity contribution is 0.356. The summed E-state index contributed by atoms with van der Waals surface area (Å²) in [6, 6.07) is 6.86. The molecule has 0 amide bonds. The normalized spacial score (nSPS) is 20.4. The number of aromatic nitrogens is 2. The minimum absolute atomic E-state index is 0.00218. The van der Waals surface area contributed by atoms with Gasteiger partial charge in [0.15, 0.2) is 5.82 Å². The molecule has 127 valence electrons. The van der Waals surface area contributed by atoms with E-state index in [0.29, 0.717) is 5.56 Å². The third kappa shape index (κ3) is 2.56. The summed E-state index contributed by atoms with van der Waals surface area (Å²) in [5, 5.41) is 3.89. The number of carbonyl (C=O) groups excluding carboxylic acids is 1. The molecular weight excluding hydrogens is 331 g/mol. The van der Waals surface area contributed by atoms with E-state index in [0.717, 1.165) is 0 Å². The highest BCUT2D eigenvalue weighted by Gasteiger charge is 2.35. The van der Waals surface area contributed by atoms with Crippen molar-refractivity contribution in [2.75, 3.05) is 11.4 Å². The SMILES string of the molecule is O=[C]c1cnn2ccc(N3C[C@@H](F)C[C@@H]3c3cccc(F)c3)c(F)c12. The van der Waals surface area contributed by atoms with Gasteiger partial charge >= 0.3 is 0 Å². The Morgan fingerprint density at radius 3 is 2.84 bits per heavy atom. The van der Waals surface area contributed by atoms with Crippen molar-refractivity contribution < 1.29 is 18.0 Å². The summed E-state index contributed by atoms with van der Waals surface area (Å²) in [7, 11) is 0. The van der Waals surface area contributed by atoms with Gasteiger partial charge in [0.25, 0.3) is 0 Å². The minimum atomic E-state index is -1.16. The molecule has 1 aromatic carbocycles. The van der Waals surface area contributed by atoms with Gasteiger partial charge in [0.2, 0.25) is 6.29 Å². The monoisotopic (exact) mass is 344 g/mol. The Balaban J connectivity index is 1.83. The fourth-order valence-corrected chi connectivity index (χ4v) is 3.41. The van der Waals surface area contributed by atoms with Gasteiger partial charge in [-0.25, -0.2) is 17.7 Å². The Morgan fingerprint density at radius 2 is 2.08 bits per heavy atom. The van der Waals surface area contributed by atoms with Gasteiger partial charge in [-0.3, -0.25) is 4.79 Å². The minimum Gasteiger partial charge on any atom is -0.359 e. The highest BCUT2D eigenvalue weighted by molar-refractivity contribution is 5.87. The summed E-state index contributed by atoms with van der Waals surface area (Å²) < 4.78 is 43.9. The molecule has 0 aliphatic carbocycles. The van der Waals surface area contributed by atoms with Crippen LogP contribution in [0, 0.1) is 11.6 Å². The van der Waals surface area contributed by atoms with Gasteiger partial charge in [-0.15, -0.1) is 0 Å². The molecule has 1 radical (unpaired) electrons. The Labute approximate surface area is 141 Å². The van der Waals surface area contributed by atoms with Crippen LogP contribution in [-0.2, 0) is 4.79 Å². The number of rotatable bonds is 3. The van der Waals surface area contributed by atoms with Crippen LogP contribution in [0.1, 0.15) is 23.6 Å². The lowest BCUT2D eigenvalue weighted by atomic mass is 10.0. The topological polar surface area (TPSA) is 37.6 Å². The van der Waals surface area contributed by atoms with Crippen molar-refractivity contribution >= 4 is 17.5 Å². The van der Waals surface area contributed by atoms with Crippen LogP contribution in [0.3, 0.4) is 0 Å². The summed E-state index contributed by atoms with van der Waals surface area (Å²) in [5.41, 5.74) is 0.722. The largest absolute Gasteiger partial charge is 0.359 e. The third-order valence-electron chi connectivity index (χ3n) is 4.50. The zero-order valence-electron chi connectivity index (χ0n) is 13.0. The first-order chi connectivity index (χ1) is 12.1. The number of pyridine rings is 1. The standard InChI is InChI=1S/C18H13F3N3O/c19-13-3-1-2-11(6-13)16-7-14(20)9-23(16)15-4-5-24-18(17(15)21)12(10-25)8-22-24/h1-6,8,14,16H,7,9H2/t14-,16+/m0/s1. The predicted octanol–water partition coefficient (Wildman–Crippen LogP) is 3.36. The van der Waals surface area contributed by atoms with Crippen LogP contribution < -0.4 is 4.90 Å². The Morgan fingerprint density at radius 1 is 1.24 bits per heavy atom. The van der Waals surface area contributed by atoms with Gasteiger partial charge in [0, 0.05) is 19.2 Å². The van der Waals surface area contributed by atoms with E-state index >= 15 is 4.39 Å². The van der Waals surface area contributed by atoms with Crippen LogP contribution in [-0.4, -0.2) is 28.6 Å². The summed E-state index contributed by atoms with van der Waals surface area (Å²) in [5.74, 6) is -1.10. The molecule has 2 atom stereocenters. The van der Waals surface area contributed by atoms with Crippen molar-refractivity contribution in [2.24, 2.45) is 0 Å². The van der Waals surface area contributed by atoms with Crippen LogP contribution in [0.5, 0.6) is 0 Å². The van der Waals surface area contributed by atoms with Crippen molar-refractivity contribution in [3.8, 4) is 0 Å². The molecule has 0 N–H and O–H groups in total. The van der Waals surface area contributed by atoms with Gasteiger partial charge in [-0.05, 0) is 23.8 Å². The number of hydrogen-bond acceptors (Lipinski definition) is 3. The second kappa shape index (κ2) is 5.91. The maximum atomic E-state index is 15.0. The quantitative estimate of drug-likeness (QED) is 0.731. The van der Waals surface area contributed by atoms with E-state index in [2.05, 4.69) is 5.10 Å². The molecule has 1 aliphatic rings. The predicted molar refractivity (Wildman–Crippen MR) is 85.9 cm³/mol. The number of anilines is 1. The fraction of sp³-hybridized carbons (Fsp3) is 0.222. The summed E-state index contributed by atoms with van der Waals surface area (Å²) in [6.07, 6.45) is 3.36. The van der Waals surface area contributed by atoms with Crippen molar-refractivity contribution in [1.29, 1.82) is 0 Å². The summed E-state index contributed by atoms with van der Waals surface area (Å²) in [4.78, 5) is 12.5. The Hall–Kier alpha value is -2.83. The first kappa shape index (κ1) is 15.7. The molecule has 25 heavy (non-hydrogen) atoms. The average Bonchev–Trinajstić information content (AvgIpc) is 3.19. The van der Waals surface area contributed by atoms with E-state index in [1.165, 1.54) is 35.1 Å². The second-order valence-electron chi connectivity index (χ2n) is 6.02. The molecule has 3 aromatic rings. The van der Waals surface area contributed by atoms with Gasteiger partial charge in [0.1, 0.15) is 17.5 Å². The number of nitrogens with zero attached hydrogens (tertiary/aromatic N) is 3. The van der Waals surface area contributed by atoms with Crippen LogP contribution >= 0.6 is 0 Å². The highest BCUT2D eigenvalue weighted by atomic mass is 19.1. The molecule has 0 saturated carbocycles. The van der Waals surface area contributed by atoms with Crippen molar-refractivity contribution in [3.05, 3.63) is 65.5 Å². The van der Waals surface area contributed by atoms with Gasteiger partial charge < -0.3 is 4.90 Å². The summed E-state index contributed by atoms with van der Waals surface area (Å²) >= 11 is 0. The number of alkyl halides is 1. The molecule has 1 saturated heterocycles. The smallest absolute Gasteiger partial charge is 0.237 e. The van der Waals surface area contributed by atoms with E-state index in [-0.39, 0.29) is 29.7 Å². The van der Waals surface area contributed by atoms with Crippen LogP contribution in [0.15, 0.2) is 42.7 Å². The molecule has 0 unspecified atom stereocenters. The van der Waals surface area contributed by atoms with Crippen LogP contribution in [0.2, 0.25) is 0 Å². The van der Waals surface area contributed by atoms with Crippen molar-refractivity contribution in [2.45, 2.75) is 18.6 Å². The number of hydrogen-bond donors (Lipinski definition) is 0. The van der Waals surface area contributed by atoms with Gasteiger partial charge in [0.05, 0.1) is 23.5 Å².